The fraction of sp³-hybridized carbons (Fsp3) is 0.400. The maximum atomic E-state index is 11.9. The van der Waals surface area contributed by atoms with E-state index < -0.39 is 9.84 Å². The molecule has 0 spiro atoms. The monoisotopic (exact) mass is 314 g/mol. The Balaban J connectivity index is 2.50. The van der Waals surface area contributed by atoms with Crippen molar-refractivity contribution in [2.45, 2.75) is 30.6 Å². The summed E-state index contributed by atoms with van der Waals surface area (Å²) >= 11 is 5.58. The molecule has 1 rings (SSSR count). The van der Waals surface area contributed by atoms with Crippen LogP contribution in [0.5, 0.6) is 0 Å². The lowest BCUT2D eigenvalue weighted by atomic mass is 10.00. The van der Waals surface area contributed by atoms with Gasteiger partial charge in [0, 0.05) is 17.2 Å². The highest BCUT2D eigenvalue weighted by atomic mass is 35.5. The molecule has 0 N–H and O–H groups in total. The molecule has 0 aromatic heterocycles. The summed E-state index contributed by atoms with van der Waals surface area (Å²) in [5.41, 5.74) is 0. The summed E-state index contributed by atoms with van der Waals surface area (Å²) in [6, 6.07) is 8.28. The second-order valence-corrected chi connectivity index (χ2v) is 6.75. The Morgan fingerprint density at radius 1 is 1.15 bits per heavy atom. The van der Waals surface area contributed by atoms with Crippen molar-refractivity contribution in [1.29, 1.82) is 0 Å². The first kappa shape index (κ1) is 16.9. The summed E-state index contributed by atoms with van der Waals surface area (Å²) in [6.45, 7) is 0. The zero-order valence-corrected chi connectivity index (χ0v) is 12.8. The average molecular weight is 315 g/mol. The van der Waals surface area contributed by atoms with Gasteiger partial charge in [-0.15, -0.1) is 11.6 Å². The third-order valence-corrected chi connectivity index (χ3v) is 4.70. The van der Waals surface area contributed by atoms with E-state index in [0.717, 1.165) is 19.1 Å². The first-order valence-electron chi connectivity index (χ1n) is 6.58. The van der Waals surface area contributed by atoms with E-state index in [2.05, 4.69) is 0 Å². The molecule has 3 nitrogen and oxygen atoms in total. The molecule has 20 heavy (non-hydrogen) atoms. The van der Waals surface area contributed by atoms with Crippen LogP contribution in [0.3, 0.4) is 0 Å². The molecule has 0 radical (unpaired) electrons. The second-order valence-electron chi connectivity index (χ2n) is 4.53. The van der Waals surface area contributed by atoms with Gasteiger partial charge in [-0.2, -0.15) is 0 Å². The molecule has 0 heterocycles. The lowest BCUT2D eigenvalue weighted by molar-refractivity contribution is -0.111. The van der Waals surface area contributed by atoms with Crippen molar-refractivity contribution in [3.63, 3.8) is 0 Å². The molecule has 0 saturated heterocycles. The van der Waals surface area contributed by atoms with Crippen LogP contribution in [-0.2, 0) is 14.6 Å². The molecule has 0 fully saturated rings. The summed E-state index contributed by atoms with van der Waals surface area (Å²) in [4.78, 5) is 11.1. The van der Waals surface area contributed by atoms with Gasteiger partial charge in [-0.1, -0.05) is 24.3 Å². The number of carbonyl (C=O) groups excluding carboxylic acids is 1. The summed E-state index contributed by atoms with van der Waals surface area (Å²) < 4.78 is 23.9. The van der Waals surface area contributed by atoms with E-state index in [1.807, 2.05) is 0 Å². The maximum absolute atomic E-state index is 11.9. The zero-order chi connectivity index (χ0) is 14.8. The molecule has 0 aliphatic carbocycles. The van der Waals surface area contributed by atoms with Gasteiger partial charge < -0.3 is 4.79 Å². The first-order valence-corrected chi connectivity index (χ1v) is 8.66. The van der Waals surface area contributed by atoms with E-state index in [4.69, 9.17) is 11.6 Å². The molecule has 0 saturated carbocycles. The van der Waals surface area contributed by atoms with Gasteiger partial charge in [0.2, 0.25) is 0 Å². The van der Waals surface area contributed by atoms with Crippen LogP contribution >= 0.6 is 11.6 Å². The highest BCUT2D eigenvalue weighted by Gasteiger charge is 2.09. The minimum atomic E-state index is -3.37. The first-order chi connectivity index (χ1) is 9.60. The number of carbonyl (C=O) groups is 1. The molecule has 1 unspecified atom stereocenters. The molecule has 0 amide bonds. The quantitative estimate of drug-likeness (QED) is 0.517. The summed E-state index contributed by atoms with van der Waals surface area (Å²) in [6.07, 6.45) is 5.31. The van der Waals surface area contributed by atoms with E-state index in [9.17, 15) is 13.2 Å². The van der Waals surface area contributed by atoms with Crippen molar-refractivity contribution in [2.24, 2.45) is 5.92 Å². The summed E-state index contributed by atoms with van der Waals surface area (Å²) in [5.74, 6) is 0.501. The normalized spacial score (nSPS) is 13.4. The second kappa shape index (κ2) is 8.93. The number of allylic oxidation sites excluding steroid dienone is 1. The lowest BCUT2D eigenvalue weighted by Crippen LogP contribution is -2.02. The largest absolute Gasteiger partial charge is 0.303 e. The Labute approximate surface area is 125 Å². The highest BCUT2D eigenvalue weighted by molar-refractivity contribution is 7.94. The lowest BCUT2D eigenvalue weighted by Gasteiger charge is -2.06. The van der Waals surface area contributed by atoms with Crippen molar-refractivity contribution in [1.82, 2.24) is 0 Å². The van der Waals surface area contributed by atoms with Crippen molar-refractivity contribution < 1.29 is 13.2 Å². The van der Waals surface area contributed by atoms with Gasteiger partial charge in [-0.05, 0) is 37.8 Å². The average Bonchev–Trinajstić information content (AvgIpc) is 2.47. The Hall–Kier alpha value is -1.13. The Kier molecular flexibility index (Phi) is 7.55. The van der Waals surface area contributed by atoms with Crippen molar-refractivity contribution in [2.75, 3.05) is 5.88 Å². The number of alkyl halides is 1. The van der Waals surface area contributed by atoms with Crippen molar-refractivity contribution in [3.8, 4) is 0 Å². The van der Waals surface area contributed by atoms with E-state index >= 15 is 0 Å². The summed E-state index contributed by atoms with van der Waals surface area (Å²) in [7, 11) is -3.37. The van der Waals surface area contributed by atoms with E-state index in [0.29, 0.717) is 18.7 Å². The number of aldehydes is 1. The van der Waals surface area contributed by atoms with Crippen molar-refractivity contribution >= 4 is 27.7 Å². The van der Waals surface area contributed by atoms with Gasteiger partial charge in [0.1, 0.15) is 6.29 Å². The molecular weight excluding hydrogens is 296 g/mol. The number of rotatable bonds is 9. The Morgan fingerprint density at radius 3 is 2.45 bits per heavy atom. The third-order valence-electron chi connectivity index (χ3n) is 2.95. The van der Waals surface area contributed by atoms with Crippen LogP contribution in [0.1, 0.15) is 25.7 Å². The molecular formula is C15H19ClO3S. The Morgan fingerprint density at radius 2 is 1.85 bits per heavy atom. The minimum absolute atomic E-state index is 0.0437. The van der Waals surface area contributed by atoms with Gasteiger partial charge in [0.25, 0.3) is 0 Å². The van der Waals surface area contributed by atoms with E-state index in [-0.39, 0.29) is 10.8 Å². The topological polar surface area (TPSA) is 51.2 Å². The maximum Gasteiger partial charge on any atom is 0.199 e. The molecule has 1 atom stereocenters. The molecule has 0 aliphatic rings. The predicted molar refractivity (Wildman–Crippen MR) is 81.5 cm³/mol. The minimum Gasteiger partial charge on any atom is -0.303 e. The van der Waals surface area contributed by atoms with Crippen LogP contribution in [0.15, 0.2) is 46.7 Å². The Bertz CT molecular complexity index is 523. The van der Waals surface area contributed by atoms with Crippen LogP contribution in [-0.4, -0.2) is 20.6 Å². The van der Waals surface area contributed by atoms with Crippen LogP contribution in [0, 0.1) is 5.92 Å². The molecule has 1 aromatic carbocycles. The van der Waals surface area contributed by atoms with Gasteiger partial charge in [-0.3, -0.25) is 0 Å². The molecule has 1 aromatic rings. The molecule has 110 valence electrons. The van der Waals surface area contributed by atoms with Crippen LogP contribution in [0.2, 0.25) is 0 Å². The molecule has 5 heteroatoms. The SMILES string of the molecule is O=CC(CC/C=C/S(=O)(=O)c1ccccc1)CCCCl. The van der Waals surface area contributed by atoms with Gasteiger partial charge in [-0.25, -0.2) is 8.42 Å². The van der Waals surface area contributed by atoms with E-state index in [1.165, 1.54) is 5.41 Å². The molecule has 0 bridgehead atoms. The fourth-order valence-corrected chi connectivity index (χ4v) is 3.05. The predicted octanol–water partition coefficient (Wildman–Crippen LogP) is 3.59. The van der Waals surface area contributed by atoms with Gasteiger partial charge in [0.15, 0.2) is 9.84 Å². The summed E-state index contributed by atoms with van der Waals surface area (Å²) in [5, 5.41) is 1.21. The smallest absolute Gasteiger partial charge is 0.199 e. The number of hydrogen-bond acceptors (Lipinski definition) is 3. The number of hydrogen-bond donors (Lipinski definition) is 0. The zero-order valence-electron chi connectivity index (χ0n) is 11.2. The number of halogens is 1. The van der Waals surface area contributed by atoms with Gasteiger partial charge >= 0.3 is 0 Å². The number of sulfone groups is 1. The van der Waals surface area contributed by atoms with Gasteiger partial charge in [0.05, 0.1) is 4.90 Å². The third kappa shape index (κ3) is 5.88. The fourth-order valence-electron chi connectivity index (χ4n) is 1.81. The van der Waals surface area contributed by atoms with Crippen LogP contribution < -0.4 is 0 Å². The standard InChI is InChI=1S/C15H19ClO3S/c16-11-6-8-14(13-17)7-4-5-12-20(18,19)15-9-2-1-3-10-15/h1-3,5,9-10,12-14H,4,6-8,11H2/b12-5+. The van der Waals surface area contributed by atoms with E-state index in [1.54, 1.807) is 36.4 Å². The molecule has 0 aliphatic heterocycles. The van der Waals surface area contributed by atoms with Crippen LogP contribution in [0.4, 0.5) is 0 Å². The highest BCUT2D eigenvalue weighted by Crippen LogP contribution is 2.15. The van der Waals surface area contributed by atoms with Crippen LogP contribution in [0.25, 0.3) is 0 Å². The number of benzene rings is 1. The van der Waals surface area contributed by atoms with Crippen molar-refractivity contribution in [3.05, 3.63) is 41.8 Å².